The lowest BCUT2D eigenvalue weighted by atomic mass is 9.85. The monoisotopic (exact) mass is 357 g/mol. The zero-order valence-electron chi connectivity index (χ0n) is 15.1. The Kier molecular flexibility index (Phi) is 5.58. The van der Waals surface area contributed by atoms with Crippen LogP contribution in [0.1, 0.15) is 34.1 Å². The minimum absolute atomic E-state index is 0.176. The second kappa shape index (κ2) is 7.03. The fourth-order valence-corrected chi connectivity index (χ4v) is 3.73. The van der Waals surface area contributed by atoms with Crippen molar-refractivity contribution in [2.45, 2.75) is 58.0 Å². The smallest absolute Gasteiger partial charge is 0.342 e. The Labute approximate surface area is 147 Å². The Morgan fingerprint density at radius 3 is 2.64 bits per heavy atom. The molecule has 2 rings (SSSR count). The van der Waals surface area contributed by atoms with Crippen LogP contribution in [0.5, 0.6) is 0 Å². The third-order valence-electron chi connectivity index (χ3n) is 5.26. The van der Waals surface area contributed by atoms with Crippen LogP contribution in [0.3, 0.4) is 0 Å². The highest BCUT2D eigenvalue weighted by molar-refractivity contribution is 5.81. The van der Waals surface area contributed by atoms with Crippen molar-refractivity contribution in [2.75, 3.05) is 19.7 Å². The number of ether oxygens (including phenoxy) is 2. The summed E-state index contributed by atoms with van der Waals surface area (Å²) in [5.41, 5.74) is -1.43. The first-order valence-corrected chi connectivity index (χ1v) is 8.54. The largest absolute Gasteiger partial charge is 0.632 e. The second-order valence-corrected chi connectivity index (χ2v) is 7.25. The molecule has 1 saturated heterocycles. The molecule has 0 aromatic rings. The van der Waals surface area contributed by atoms with Crippen molar-refractivity contribution in [1.29, 1.82) is 0 Å². The number of hydrogen-bond acceptors (Lipinski definition) is 7. The summed E-state index contributed by atoms with van der Waals surface area (Å²) in [6.07, 6.45) is 0.270. The molecule has 0 saturated carbocycles. The lowest BCUT2D eigenvalue weighted by Crippen LogP contribution is -2.55. The zero-order valence-corrected chi connectivity index (χ0v) is 15.1. The number of carbonyl (C=O) groups excluding carboxylic acids is 2. The van der Waals surface area contributed by atoms with Gasteiger partial charge < -0.3 is 29.5 Å². The van der Waals surface area contributed by atoms with Gasteiger partial charge in [0.15, 0.2) is 0 Å². The number of carbonyl (C=O) groups is 2. The minimum Gasteiger partial charge on any atom is -0.632 e. The first-order valence-electron chi connectivity index (χ1n) is 8.54. The number of fused-ring (bicyclic) bond motifs is 1. The van der Waals surface area contributed by atoms with Crippen LogP contribution in [0.25, 0.3) is 0 Å². The Balaban J connectivity index is 2.06. The molecule has 0 aliphatic carbocycles. The number of aliphatic hydroxyl groups excluding tert-OH is 1. The molecule has 0 bridgehead atoms. The molecule has 5 atom stereocenters. The number of esters is 2. The van der Waals surface area contributed by atoms with Gasteiger partial charge in [-0.05, 0) is 18.9 Å². The van der Waals surface area contributed by atoms with Crippen LogP contribution in [0.2, 0.25) is 0 Å². The quantitative estimate of drug-likeness (QED) is 0.303. The van der Waals surface area contributed by atoms with Crippen LogP contribution in [0, 0.1) is 11.1 Å². The van der Waals surface area contributed by atoms with Crippen LogP contribution in [-0.4, -0.2) is 70.3 Å². The summed E-state index contributed by atoms with van der Waals surface area (Å²) in [6.45, 7) is 6.26. The van der Waals surface area contributed by atoms with E-state index in [2.05, 4.69) is 0 Å². The van der Waals surface area contributed by atoms with E-state index in [1.165, 1.54) is 13.8 Å². The number of nitrogens with zero attached hydrogens (tertiary/aromatic N) is 1. The highest BCUT2D eigenvalue weighted by Gasteiger charge is 2.50. The molecule has 0 spiro atoms. The summed E-state index contributed by atoms with van der Waals surface area (Å²) in [4.78, 5) is 23.7. The van der Waals surface area contributed by atoms with E-state index in [9.17, 15) is 25.0 Å². The van der Waals surface area contributed by atoms with E-state index < -0.39 is 46.4 Å². The van der Waals surface area contributed by atoms with Crippen molar-refractivity contribution in [3.8, 4) is 0 Å². The van der Waals surface area contributed by atoms with Crippen molar-refractivity contribution < 1.29 is 33.9 Å². The second-order valence-electron chi connectivity index (χ2n) is 7.25. The number of aliphatic hydroxyl groups is 2. The molecule has 2 N–H and O–H groups in total. The molecule has 0 radical (unpaired) electrons. The fourth-order valence-electron chi connectivity index (χ4n) is 3.73. The molecular weight excluding hydrogens is 330 g/mol. The van der Waals surface area contributed by atoms with Gasteiger partial charge in [-0.15, -0.1) is 0 Å². The molecule has 8 heteroatoms. The standard InChI is InChI=1S/C17H27NO7/c1-10(2)17(22,11(3)25-12(4)19)16(21)24-9-13-5-7-18(23)8-6-14(20)15(13)18/h5,10-11,14-15,20,22H,6-9H2,1-4H3/t11-,14+,15+,17+,18+/m0/s1. The van der Waals surface area contributed by atoms with E-state index >= 15 is 0 Å². The molecule has 142 valence electrons. The third-order valence-corrected chi connectivity index (χ3v) is 5.26. The lowest BCUT2D eigenvalue weighted by Gasteiger charge is -2.40. The van der Waals surface area contributed by atoms with Crippen LogP contribution in [0.4, 0.5) is 0 Å². The van der Waals surface area contributed by atoms with Gasteiger partial charge in [0, 0.05) is 18.9 Å². The van der Waals surface area contributed by atoms with Crippen LogP contribution < -0.4 is 0 Å². The lowest BCUT2D eigenvalue weighted by molar-refractivity contribution is -0.877. The number of hydrogen-bond donors (Lipinski definition) is 2. The predicted molar refractivity (Wildman–Crippen MR) is 87.8 cm³/mol. The highest BCUT2D eigenvalue weighted by Crippen LogP contribution is 2.36. The van der Waals surface area contributed by atoms with Crippen molar-refractivity contribution in [3.63, 3.8) is 0 Å². The zero-order chi connectivity index (χ0) is 19.0. The van der Waals surface area contributed by atoms with E-state index in [0.717, 1.165) is 0 Å². The first kappa shape index (κ1) is 19.8. The van der Waals surface area contributed by atoms with Gasteiger partial charge in [0.2, 0.25) is 5.60 Å². The van der Waals surface area contributed by atoms with E-state index in [1.54, 1.807) is 19.9 Å². The van der Waals surface area contributed by atoms with Crippen molar-refractivity contribution in [3.05, 3.63) is 16.9 Å². The summed E-state index contributed by atoms with van der Waals surface area (Å²) >= 11 is 0. The number of rotatable bonds is 6. The van der Waals surface area contributed by atoms with Crippen LogP contribution in [-0.2, 0) is 19.1 Å². The van der Waals surface area contributed by atoms with Gasteiger partial charge in [-0.1, -0.05) is 13.8 Å². The van der Waals surface area contributed by atoms with Gasteiger partial charge in [0.1, 0.15) is 24.9 Å². The van der Waals surface area contributed by atoms with Crippen molar-refractivity contribution >= 4 is 11.9 Å². The Morgan fingerprint density at radius 2 is 2.08 bits per heavy atom. The molecule has 2 aliphatic heterocycles. The van der Waals surface area contributed by atoms with E-state index in [0.29, 0.717) is 18.5 Å². The maximum atomic E-state index is 12.5. The summed E-state index contributed by atoms with van der Waals surface area (Å²) in [6, 6.07) is -0.620. The summed E-state index contributed by atoms with van der Waals surface area (Å²) < 4.78 is 9.70. The third kappa shape index (κ3) is 3.57. The average Bonchev–Trinajstić information content (AvgIpc) is 2.99. The number of hydroxylamine groups is 3. The van der Waals surface area contributed by atoms with E-state index in [1.807, 2.05) is 0 Å². The topological polar surface area (TPSA) is 116 Å². The Bertz CT molecular complexity index is 575. The normalized spacial score (nSPS) is 31.9. The average molecular weight is 357 g/mol. The van der Waals surface area contributed by atoms with Crippen molar-refractivity contribution in [2.24, 2.45) is 5.92 Å². The van der Waals surface area contributed by atoms with Crippen LogP contribution >= 0.6 is 0 Å². The molecule has 0 amide bonds. The van der Waals surface area contributed by atoms with Gasteiger partial charge in [-0.2, -0.15) is 0 Å². The first-order chi connectivity index (χ1) is 11.5. The van der Waals surface area contributed by atoms with E-state index in [-0.39, 0.29) is 13.2 Å². The van der Waals surface area contributed by atoms with E-state index in [4.69, 9.17) is 9.47 Å². The maximum Gasteiger partial charge on any atom is 0.342 e. The van der Waals surface area contributed by atoms with Gasteiger partial charge in [0.05, 0.1) is 13.1 Å². The molecule has 0 unspecified atom stereocenters. The van der Waals surface area contributed by atoms with Crippen molar-refractivity contribution in [1.82, 2.24) is 0 Å². The van der Waals surface area contributed by atoms with Gasteiger partial charge in [-0.3, -0.25) is 4.79 Å². The Hall–Kier alpha value is -1.48. The molecule has 25 heavy (non-hydrogen) atoms. The van der Waals surface area contributed by atoms with Crippen LogP contribution in [0.15, 0.2) is 11.6 Å². The summed E-state index contributed by atoms with van der Waals surface area (Å²) in [5, 5.41) is 33.3. The maximum absolute atomic E-state index is 12.5. The molecule has 1 fully saturated rings. The molecule has 0 aromatic carbocycles. The summed E-state index contributed by atoms with van der Waals surface area (Å²) in [5.74, 6) is -2.08. The predicted octanol–water partition coefficient (Wildman–Crippen LogP) is 0.256. The minimum atomic E-state index is -2.00. The molecule has 2 aliphatic rings. The summed E-state index contributed by atoms with van der Waals surface area (Å²) in [7, 11) is 0. The number of quaternary nitrogens is 1. The molecule has 8 nitrogen and oxygen atoms in total. The molecule has 0 aromatic heterocycles. The molecule has 2 heterocycles. The Morgan fingerprint density at radius 1 is 1.44 bits per heavy atom. The van der Waals surface area contributed by atoms with Gasteiger partial charge in [0.25, 0.3) is 0 Å². The fraction of sp³-hybridized carbons (Fsp3) is 0.765. The molecular formula is C17H27NO7. The highest BCUT2D eigenvalue weighted by atomic mass is 16.6. The SMILES string of the molecule is CC(=O)O[C@@H](C)[C@@](O)(C(=O)OCC1=CC[N@@+]2([O-])CC[C@@H](O)[C@@H]12)C(C)C. The van der Waals surface area contributed by atoms with Gasteiger partial charge in [-0.25, -0.2) is 4.79 Å². The van der Waals surface area contributed by atoms with Gasteiger partial charge >= 0.3 is 11.9 Å².